The molecule has 28 heavy (non-hydrogen) atoms. The molecule has 0 fully saturated rings. The molecule has 3 rings (SSSR count). The van der Waals surface area contributed by atoms with Gasteiger partial charge in [-0.2, -0.15) is 0 Å². The van der Waals surface area contributed by atoms with Crippen molar-refractivity contribution in [1.82, 2.24) is 10.2 Å². The lowest BCUT2D eigenvalue weighted by Crippen LogP contribution is -2.14. The summed E-state index contributed by atoms with van der Waals surface area (Å²) in [5.74, 6) is 1.15. The van der Waals surface area contributed by atoms with Crippen LogP contribution in [-0.4, -0.2) is 30.3 Å². The third-order valence-corrected chi connectivity index (χ3v) is 5.80. The number of nitrogens with one attached hydrogen (secondary N) is 1. The van der Waals surface area contributed by atoms with Crippen molar-refractivity contribution in [2.24, 2.45) is 0 Å². The number of carbonyl (C=O) groups excluding carboxylic acids is 1. The van der Waals surface area contributed by atoms with E-state index in [0.29, 0.717) is 32.3 Å². The molecule has 146 valence electrons. The first-order chi connectivity index (χ1) is 13.6. The first kappa shape index (κ1) is 20.1. The molecule has 0 saturated carbocycles. The minimum absolute atomic E-state index is 0.164. The zero-order chi connectivity index (χ0) is 19.9. The lowest BCUT2D eigenvalue weighted by molar-refractivity contribution is -0.115. The van der Waals surface area contributed by atoms with Gasteiger partial charge in [0.2, 0.25) is 11.0 Å². The maximum Gasteiger partial charge on any atom is 0.230 e. The van der Waals surface area contributed by atoms with Crippen LogP contribution in [0.1, 0.15) is 11.1 Å². The first-order valence-corrected chi connectivity index (χ1v) is 10.1. The van der Waals surface area contributed by atoms with Gasteiger partial charge >= 0.3 is 0 Å². The van der Waals surface area contributed by atoms with E-state index in [1.54, 1.807) is 50.6 Å². The number of hydrogen-bond donors (Lipinski definition) is 1. The van der Waals surface area contributed by atoms with E-state index in [9.17, 15) is 9.18 Å². The van der Waals surface area contributed by atoms with Crippen molar-refractivity contribution in [3.05, 3.63) is 59.4 Å². The Kier molecular flexibility index (Phi) is 6.83. The number of benzene rings is 2. The Labute approximate surface area is 170 Å². The van der Waals surface area contributed by atoms with Gasteiger partial charge in [-0.25, -0.2) is 4.39 Å². The van der Waals surface area contributed by atoms with Gasteiger partial charge in [0, 0.05) is 5.75 Å². The fraction of sp³-hybridized carbons (Fsp3) is 0.211. The van der Waals surface area contributed by atoms with Crippen LogP contribution in [0, 0.1) is 5.82 Å². The van der Waals surface area contributed by atoms with Gasteiger partial charge in [-0.1, -0.05) is 47.4 Å². The Hall–Kier alpha value is -2.65. The number of thioether (sulfide) groups is 1. The van der Waals surface area contributed by atoms with Crippen LogP contribution in [0.25, 0.3) is 0 Å². The van der Waals surface area contributed by atoms with E-state index in [4.69, 9.17) is 9.47 Å². The summed E-state index contributed by atoms with van der Waals surface area (Å²) in [5.41, 5.74) is 1.38. The summed E-state index contributed by atoms with van der Waals surface area (Å²) in [6, 6.07) is 11.9. The lowest BCUT2D eigenvalue weighted by Gasteiger charge is -2.09. The average molecular weight is 420 g/mol. The number of methoxy groups -OCH3 is 2. The summed E-state index contributed by atoms with van der Waals surface area (Å²) >= 11 is 2.62. The number of aromatic nitrogens is 2. The van der Waals surface area contributed by atoms with Crippen LogP contribution in [-0.2, 0) is 17.0 Å². The summed E-state index contributed by atoms with van der Waals surface area (Å²) in [6.07, 6.45) is 0.164. The third-order valence-electron chi connectivity index (χ3n) is 3.77. The molecule has 0 aliphatic carbocycles. The summed E-state index contributed by atoms with van der Waals surface area (Å²) < 4.78 is 24.7. The molecule has 1 heterocycles. The van der Waals surface area contributed by atoms with Crippen molar-refractivity contribution in [3.63, 3.8) is 0 Å². The minimum Gasteiger partial charge on any atom is -0.493 e. The van der Waals surface area contributed by atoms with E-state index in [0.717, 1.165) is 5.56 Å². The number of hydrogen-bond acceptors (Lipinski definition) is 7. The smallest absolute Gasteiger partial charge is 0.230 e. The second kappa shape index (κ2) is 9.52. The molecule has 0 saturated heterocycles. The monoisotopic (exact) mass is 419 g/mol. The summed E-state index contributed by atoms with van der Waals surface area (Å²) in [5, 5.41) is 11.1. The van der Waals surface area contributed by atoms with E-state index in [1.807, 2.05) is 0 Å². The van der Waals surface area contributed by atoms with Gasteiger partial charge in [-0.05, 0) is 29.3 Å². The maximum absolute atomic E-state index is 13.7. The van der Waals surface area contributed by atoms with Gasteiger partial charge in [0.15, 0.2) is 15.8 Å². The lowest BCUT2D eigenvalue weighted by atomic mass is 10.1. The summed E-state index contributed by atoms with van der Waals surface area (Å²) in [4.78, 5) is 12.3. The predicted molar refractivity (Wildman–Crippen MR) is 108 cm³/mol. The van der Waals surface area contributed by atoms with Gasteiger partial charge < -0.3 is 14.8 Å². The van der Waals surface area contributed by atoms with Gasteiger partial charge in [0.05, 0.1) is 20.6 Å². The first-order valence-electron chi connectivity index (χ1n) is 8.29. The predicted octanol–water partition coefficient (Wildman–Crippen LogP) is 4.17. The standard InChI is InChI=1S/C19H18FN3O3S2/c1-25-15-8-7-12(9-16(15)26-2)10-17(24)21-18-22-23-19(28-18)27-11-13-5-3-4-6-14(13)20/h3-9H,10-11H2,1-2H3,(H,21,22,24). The molecule has 0 atom stereocenters. The minimum atomic E-state index is -0.247. The maximum atomic E-state index is 13.7. The van der Waals surface area contributed by atoms with E-state index < -0.39 is 0 Å². The Morgan fingerprint density at radius 3 is 2.68 bits per heavy atom. The fourth-order valence-corrected chi connectivity index (χ4v) is 4.17. The number of rotatable bonds is 8. The van der Waals surface area contributed by atoms with Gasteiger partial charge in [-0.3, -0.25) is 4.79 Å². The fourth-order valence-electron chi connectivity index (χ4n) is 2.41. The van der Waals surface area contributed by atoms with Gasteiger partial charge in [-0.15, -0.1) is 10.2 Å². The van der Waals surface area contributed by atoms with Crippen LogP contribution in [0.5, 0.6) is 11.5 Å². The molecule has 0 radical (unpaired) electrons. The van der Waals surface area contributed by atoms with Crippen molar-refractivity contribution in [2.45, 2.75) is 16.5 Å². The highest BCUT2D eigenvalue weighted by Gasteiger charge is 2.12. The van der Waals surface area contributed by atoms with E-state index in [2.05, 4.69) is 15.5 Å². The highest BCUT2D eigenvalue weighted by atomic mass is 32.2. The molecular formula is C19H18FN3O3S2. The van der Waals surface area contributed by atoms with E-state index in [1.165, 1.54) is 29.2 Å². The molecule has 9 heteroatoms. The number of anilines is 1. The Bertz CT molecular complexity index is 965. The number of amides is 1. The molecule has 1 aromatic heterocycles. The van der Waals surface area contributed by atoms with Gasteiger partial charge in [0.1, 0.15) is 5.82 Å². The molecular weight excluding hydrogens is 401 g/mol. The van der Waals surface area contributed by atoms with Crippen molar-refractivity contribution in [1.29, 1.82) is 0 Å². The molecule has 6 nitrogen and oxygen atoms in total. The van der Waals surface area contributed by atoms with Crippen molar-refractivity contribution >= 4 is 34.1 Å². The number of halogens is 1. The zero-order valence-electron chi connectivity index (χ0n) is 15.3. The normalized spacial score (nSPS) is 10.5. The molecule has 1 N–H and O–H groups in total. The molecule has 3 aromatic rings. The van der Waals surface area contributed by atoms with Crippen molar-refractivity contribution < 1.29 is 18.7 Å². The number of ether oxygens (including phenoxy) is 2. The number of carbonyl (C=O) groups is 1. The van der Waals surface area contributed by atoms with Gasteiger partial charge in [0.25, 0.3) is 0 Å². The molecule has 2 aromatic carbocycles. The highest BCUT2D eigenvalue weighted by Crippen LogP contribution is 2.30. The quantitative estimate of drug-likeness (QED) is 0.436. The SMILES string of the molecule is COc1ccc(CC(=O)Nc2nnc(SCc3ccccc3F)s2)cc1OC. The second-order valence-electron chi connectivity index (χ2n) is 5.67. The van der Waals surface area contributed by atoms with Crippen LogP contribution >= 0.6 is 23.1 Å². The third kappa shape index (κ3) is 5.20. The second-order valence-corrected chi connectivity index (χ2v) is 7.87. The van der Waals surface area contributed by atoms with E-state index >= 15 is 0 Å². The summed E-state index contributed by atoms with van der Waals surface area (Å²) in [6.45, 7) is 0. The number of nitrogens with zero attached hydrogens (tertiary/aromatic N) is 2. The Morgan fingerprint density at radius 1 is 1.14 bits per heavy atom. The van der Waals surface area contributed by atoms with Crippen molar-refractivity contribution in [2.75, 3.05) is 19.5 Å². The zero-order valence-corrected chi connectivity index (χ0v) is 16.9. The molecule has 0 unspecified atom stereocenters. The van der Waals surface area contributed by atoms with E-state index in [-0.39, 0.29) is 18.1 Å². The largest absolute Gasteiger partial charge is 0.493 e. The summed E-state index contributed by atoms with van der Waals surface area (Å²) in [7, 11) is 3.10. The van der Waals surface area contributed by atoms with Crippen LogP contribution < -0.4 is 14.8 Å². The average Bonchev–Trinajstić information content (AvgIpc) is 3.14. The molecule has 1 amide bonds. The van der Waals surface area contributed by atoms with Crippen LogP contribution in [0.4, 0.5) is 9.52 Å². The highest BCUT2D eigenvalue weighted by molar-refractivity contribution is 8.00. The molecule has 0 spiro atoms. The van der Waals surface area contributed by atoms with Crippen molar-refractivity contribution in [3.8, 4) is 11.5 Å². The Morgan fingerprint density at radius 2 is 1.93 bits per heavy atom. The van der Waals surface area contributed by atoms with Crippen LogP contribution in [0.15, 0.2) is 46.8 Å². The van der Waals surface area contributed by atoms with Crippen LogP contribution in [0.2, 0.25) is 0 Å². The molecule has 0 bridgehead atoms. The molecule has 0 aliphatic heterocycles. The Balaban J connectivity index is 1.56. The topological polar surface area (TPSA) is 73.3 Å². The molecule has 0 aliphatic rings. The van der Waals surface area contributed by atoms with Crippen LogP contribution in [0.3, 0.4) is 0 Å².